The van der Waals surface area contributed by atoms with Crippen LogP contribution in [0.2, 0.25) is 5.02 Å². The first-order chi connectivity index (χ1) is 15.0. The minimum absolute atomic E-state index is 0.0378. The van der Waals surface area contributed by atoms with Gasteiger partial charge in [-0.05, 0) is 29.7 Å². The Morgan fingerprint density at radius 1 is 1.23 bits per heavy atom. The summed E-state index contributed by atoms with van der Waals surface area (Å²) in [5.74, 6) is -0.0242. The van der Waals surface area contributed by atoms with Crippen LogP contribution in [0, 0.1) is 0 Å². The number of fused-ring (bicyclic) bond motifs is 3. The molecule has 3 aromatic rings. The molecule has 3 heterocycles. The van der Waals surface area contributed by atoms with Gasteiger partial charge < -0.3 is 10.2 Å². The van der Waals surface area contributed by atoms with E-state index in [0.717, 1.165) is 27.6 Å². The molecule has 0 bridgehead atoms. The van der Waals surface area contributed by atoms with E-state index in [1.165, 1.54) is 0 Å². The van der Waals surface area contributed by atoms with Crippen LogP contribution in [0.3, 0.4) is 0 Å². The van der Waals surface area contributed by atoms with Crippen molar-refractivity contribution in [3.8, 4) is 0 Å². The Morgan fingerprint density at radius 2 is 2.06 bits per heavy atom. The average Bonchev–Trinajstić information content (AvgIpc) is 3.10. The Labute approximate surface area is 185 Å². The summed E-state index contributed by atoms with van der Waals surface area (Å²) in [6.07, 6.45) is 4.24. The Bertz CT molecular complexity index is 1190. The number of carbonyl (C=O) groups is 2. The molecule has 0 unspecified atom stereocenters. The number of halogens is 1. The maximum absolute atomic E-state index is 14.0. The fourth-order valence-electron chi connectivity index (χ4n) is 5.00. The number of aromatic nitrogens is 1. The molecule has 1 spiro atoms. The van der Waals surface area contributed by atoms with E-state index in [-0.39, 0.29) is 18.4 Å². The lowest BCUT2D eigenvalue weighted by molar-refractivity contribution is -0.126. The first-order valence-corrected chi connectivity index (χ1v) is 10.8. The zero-order valence-electron chi connectivity index (χ0n) is 17.3. The van der Waals surface area contributed by atoms with Crippen molar-refractivity contribution in [2.75, 3.05) is 31.6 Å². The molecule has 158 valence electrons. The molecule has 7 heteroatoms. The Kier molecular flexibility index (Phi) is 4.91. The predicted octanol–water partition coefficient (Wildman–Crippen LogP) is 3.12. The van der Waals surface area contributed by atoms with E-state index in [9.17, 15) is 9.59 Å². The van der Waals surface area contributed by atoms with E-state index in [1.54, 1.807) is 13.2 Å². The van der Waals surface area contributed by atoms with Gasteiger partial charge in [0.05, 0.1) is 23.8 Å². The van der Waals surface area contributed by atoms with E-state index >= 15 is 0 Å². The molecule has 2 amide bonds. The average molecular weight is 435 g/mol. The number of pyridine rings is 1. The number of hydrogen-bond donors (Lipinski definition) is 1. The van der Waals surface area contributed by atoms with Crippen LogP contribution in [0.5, 0.6) is 0 Å². The van der Waals surface area contributed by atoms with Crippen molar-refractivity contribution < 1.29 is 9.59 Å². The first-order valence-electron chi connectivity index (χ1n) is 10.4. The Morgan fingerprint density at radius 3 is 2.90 bits per heavy atom. The third-order valence-electron chi connectivity index (χ3n) is 6.48. The largest absolute Gasteiger partial charge is 0.358 e. The van der Waals surface area contributed by atoms with Crippen molar-refractivity contribution in [2.24, 2.45) is 0 Å². The summed E-state index contributed by atoms with van der Waals surface area (Å²) >= 11 is 6.35. The first kappa shape index (κ1) is 20.0. The Balaban J connectivity index is 1.59. The van der Waals surface area contributed by atoms with E-state index in [1.807, 2.05) is 53.6 Å². The van der Waals surface area contributed by atoms with Crippen molar-refractivity contribution in [3.63, 3.8) is 0 Å². The van der Waals surface area contributed by atoms with Gasteiger partial charge in [-0.3, -0.25) is 19.5 Å². The minimum atomic E-state index is -0.733. The fourth-order valence-corrected chi connectivity index (χ4v) is 5.17. The van der Waals surface area contributed by atoms with E-state index in [0.29, 0.717) is 31.1 Å². The molecule has 2 aliphatic rings. The van der Waals surface area contributed by atoms with Crippen LogP contribution in [-0.4, -0.2) is 48.4 Å². The Hall–Kier alpha value is -2.96. The lowest BCUT2D eigenvalue weighted by Gasteiger charge is -2.40. The maximum Gasteiger partial charge on any atom is 0.239 e. The van der Waals surface area contributed by atoms with Crippen molar-refractivity contribution in [3.05, 3.63) is 71.0 Å². The number of nitrogens with one attached hydrogen (secondary N) is 1. The summed E-state index contributed by atoms with van der Waals surface area (Å²) in [5.41, 5.74) is 2.12. The van der Waals surface area contributed by atoms with Crippen molar-refractivity contribution in [1.29, 1.82) is 0 Å². The van der Waals surface area contributed by atoms with Gasteiger partial charge >= 0.3 is 0 Å². The monoisotopic (exact) mass is 434 g/mol. The summed E-state index contributed by atoms with van der Waals surface area (Å²) in [4.78, 5) is 34.4. The molecule has 0 radical (unpaired) electrons. The zero-order valence-corrected chi connectivity index (χ0v) is 18.0. The van der Waals surface area contributed by atoms with Gasteiger partial charge in [0.15, 0.2) is 0 Å². The smallest absolute Gasteiger partial charge is 0.239 e. The van der Waals surface area contributed by atoms with E-state index in [4.69, 9.17) is 11.6 Å². The normalized spacial score (nSPS) is 21.0. The molecule has 1 atom stereocenters. The second-order valence-electron chi connectivity index (χ2n) is 8.29. The van der Waals surface area contributed by atoms with Gasteiger partial charge in [0.1, 0.15) is 0 Å². The number of carbonyl (C=O) groups excluding carboxylic acids is 2. The standard InChI is InChI=1S/C24H23ClN4O2/c1-26-22(30)14-28-13-17-6-7-18(25)10-20(17)24(15-28)8-9-29(23(24)31)21-12-27-11-16-4-2-3-5-19(16)21/h2-7,10-12H,8-9,13-15H2,1H3,(H,26,30)/t24-/m0/s1. The molecule has 31 heavy (non-hydrogen) atoms. The van der Waals surface area contributed by atoms with Crippen molar-refractivity contribution in [1.82, 2.24) is 15.2 Å². The van der Waals surface area contributed by atoms with Gasteiger partial charge in [-0.1, -0.05) is 41.9 Å². The molecular weight excluding hydrogens is 412 g/mol. The number of amides is 2. The van der Waals surface area contributed by atoms with Crippen LogP contribution in [0.25, 0.3) is 10.8 Å². The second-order valence-corrected chi connectivity index (χ2v) is 8.72. The molecule has 0 aliphatic carbocycles. The highest BCUT2D eigenvalue weighted by Gasteiger charge is 2.52. The van der Waals surface area contributed by atoms with Crippen molar-refractivity contribution >= 4 is 39.9 Å². The SMILES string of the molecule is CNC(=O)CN1Cc2ccc(Cl)cc2[C@]2(CCN(c3cncc4ccccc34)C2=O)C1. The third-order valence-corrected chi connectivity index (χ3v) is 6.71. The van der Waals surface area contributed by atoms with Gasteiger partial charge in [-0.2, -0.15) is 0 Å². The van der Waals surface area contributed by atoms with Crippen LogP contribution >= 0.6 is 11.6 Å². The van der Waals surface area contributed by atoms with Crippen LogP contribution < -0.4 is 10.2 Å². The van der Waals surface area contributed by atoms with Crippen LogP contribution in [0.1, 0.15) is 17.5 Å². The summed E-state index contributed by atoms with van der Waals surface area (Å²) in [6, 6.07) is 13.7. The minimum Gasteiger partial charge on any atom is -0.358 e. The molecular formula is C24H23ClN4O2. The molecule has 1 saturated heterocycles. The summed E-state index contributed by atoms with van der Waals surface area (Å²) in [5, 5.41) is 5.31. The predicted molar refractivity (Wildman–Crippen MR) is 121 cm³/mol. The number of likely N-dealkylation sites (N-methyl/N-ethyl adjacent to an activating group) is 1. The molecule has 1 N–H and O–H groups in total. The molecule has 0 saturated carbocycles. The molecule has 1 fully saturated rings. The molecule has 1 aromatic heterocycles. The molecule has 5 rings (SSSR count). The van der Waals surface area contributed by atoms with Crippen LogP contribution in [-0.2, 0) is 21.5 Å². The second kappa shape index (κ2) is 7.62. The fraction of sp³-hybridized carbons (Fsp3) is 0.292. The summed E-state index contributed by atoms with van der Waals surface area (Å²) < 4.78 is 0. The van der Waals surface area contributed by atoms with Gasteiger partial charge in [0.2, 0.25) is 11.8 Å². The lowest BCUT2D eigenvalue weighted by Crippen LogP contribution is -2.52. The van der Waals surface area contributed by atoms with Gasteiger partial charge in [-0.25, -0.2) is 0 Å². The van der Waals surface area contributed by atoms with Gasteiger partial charge in [0.25, 0.3) is 0 Å². The highest BCUT2D eigenvalue weighted by molar-refractivity contribution is 6.30. The summed E-state index contributed by atoms with van der Waals surface area (Å²) in [7, 11) is 1.63. The third kappa shape index (κ3) is 3.27. The zero-order chi connectivity index (χ0) is 21.6. The maximum atomic E-state index is 14.0. The number of benzene rings is 2. The van der Waals surface area contributed by atoms with E-state index < -0.39 is 5.41 Å². The summed E-state index contributed by atoms with van der Waals surface area (Å²) in [6.45, 7) is 1.95. The number of nitrogens with zero attached hydrogens (tertiary/aromatic N) is 3. The molecule has 2 aliphatic heterocycles. The number of hydrogen-bond acceptors (Lipinski definition) is 4. The highest BCUT2D eigenvalue weighted by Crippen LogP contribution is 2.45. The lowest BCUT2D eigenvalue weighted by atomic mass is 9.73. The van der Waals surface area contributed by atoms with Gasteiger partial charge in [-0.15, -0.1) is 0 Å². The van der Waals surface area contributed by atoms with E-state index in [2.05, 4.69) is 15.2 Å². The molecule has 2 aromatic carbocycles. The topological polar surface area (TPSA) is 65.5 Å². The number of anilines is 1. The quantitative estimate of drug-likeness (QED) is 0.687. The highest BCUT2D eigenvalue weighted by atomic mass is 35.5. The van der Waals surface area contributed by atoms with Gasteiger partial charge in [0, 0.05) is 48.7 Å². The molecule has 6 nitrogen and oxygen atoms in total. The van der Waals surface area contributed by atoms with Crippen LogP contribution in [0.4, 0.5) is 5.69 Å². The van der Waals surface area contributed by atoms with Crippen LogP contribution in [0.15, 0.2) is 54.9 Å². The number of rotatable bonds is 3. The van der Waals surface area contributed by atoms with Crippen molar-refractivity contribution in [2.45, 2.75) is 18.4 Å².